The quantitative estimate of drug-likeness (QED) is 0.175. The van der Waals surface area contributed by atoms with Gasteiger partial charge in [-0.3, -0.25) is 0 Å². The van der Waals surface area contributed by atoms with E-state index in [9.17, 15) is 0 Å². The summed E-state index contributed by atoms with van der Waals surface area (Å²) in [4.78, 5) is 2.42. The van der Waals surface area contributed by atoms with Crippen molar-refractivity contribution < 1.29 is 4.42 Å². The molecule has 1 aliphatic carbocycles. The second-order valence-corrected chi connectivity index (χ2v) is 14.4. The number of hydrogen-bond acceptors (Lipinski definition) is 2. The van der Waals surface area contributed by atoms with Crippen molar-refractivity contribution in [1.29, 1.82) is 0 Å². The van der Waals surface area contributed by atoms with Gasteiger partial charge in [0.25, 0.3) is 0 Å². The van der Waals surface area contributed by atoms with Gasteiger partial charge in [-0.15, -0.1) is 0 Å². The van der Waals surface area contributed by atoms with Crippen molar-refractivity contribution in [2.24, 2.45) is 0 Å². The first-order valence-electron chi connectivity index (χ1n) is 18.1. The van der Waals surface area contributed by atoms with Crippen LogP contribution in [0, 0.1) is 6.92 Å². The lowest BCUT2D eigenvalue weighted by atomic mass is 9.77. The highest BCUT2D eigenvalue weighted by Crippen LogP contribution is 2.45. The molecule has 254 valence electrons. The van der Waals surface area contributed by atoms with Crippen LogP contribution >= 0.6 is 0 Å². The van der Waals surface area contributed by atoms with Gasteiger partial charge in [-0.2, -0.15) is 0 Å². The number of fused-ring (bicyclic) bond motifs is 5. The maximum Gasteiger partial charge on any atom is 0.143 e. The van der Waals surface area contributed by atoms with Gasteiger partial charge in [-0.1, -0.05) is 142 Å². The predicted octanol–water partition coefficient (Wildman–Crippen LogP) is 14.2. The summed E-state index contributed by atoms with van der Waals surface area (Å²) >= 11 is 0. The summed E-state index contributed by atoms with van der Waals surface area (Å²) in [5.41, 5.74) is 15.1. The SMILES string of the molecule is C=C1/C=C(N(c2cc(-c3ccccc3)cc(-c3ccccc3)c2)c2cccc(C)c2/C=C\C)\C=C/CC(C)(C)c2ccc3c(oc4ccccc43)c21. The fraction of sp³-hybridized carbons (Fsp3) is 0.120. The zero-order chi connectivity index (χ0) is 35.8. The number of para-hydroxylation sites is 1. The molecule has 1 aromatic heterocycles. The standard InChI is InChI=1S/C50H43NO/c1-6-17-42-34(2)18-15-25-46(42)51(41-32-38(36-19-9-7-10-20-36)31-39(33-41)37-21-11-8-12-22-37)40-23-16-29-50(4,5)45-28-27-44-43-24-13-14-26-47(43)52-49(44)48(45)35(3)30-40/h6-28,30-33H,3,29H2,1-2,4-5H3/b17-6-,23-16-,40-30+. The molecular weight excluding hydrogens is 631 g/mol. The third kappa shape index (κ3) is 6.01. The first-order valence-corrected chi connectivity index (χ1v) is 18.1. The zero-order valence-electron chi connectivity index (χ0n) is 30.4. The summed E-state index contributed by atoms with van der Waals surface area (Å²) in [6.07, 6.45) is 12.1. The lowest BCUT2D eigenvalue weighted by Crippen LogP contribution is -2.18. The number of allylic oxidation sites excluding steroid dienone is 5. The highest BCUT2D eigenvalue weighted by atomic mass is 16.3. The van der Waals surface area contributed by atoms with Crippen molar-refractivity contribution in [3.63, 3.8) is 0 Å². The molecule has 0 atom stereocenters. The molecule has 0 spiro atoms. The molecule has 0 bridgehead atoms. The maximum atomic E-state index is 6.68. The molecule has 1 aliphatic rings. The zero-order valence-corrected chi connectivity index (χ0v) is 30.4. The van der Waals surface area contributed by atoms with E-state index in [-0.39, 0.29) is 5.41 Å². The average molecular weight is 674 g/mol. The third-order valence-corrected chi connectivity index (χ3v) is 10.4. The Balaban J connectivity index is 1.42. The van der Waals surface area contributed by atoms with Crippen molar-refractivity contribution in [2.75, 3.05) is 4.90 Å². The van der Waals surface area contributed by atoms with Crippen LogP contribution < -0.4 is 4.90 Å². The van der Waals surface area contributed by atoms with Crippen LogP contribution in [0.3, 0.4) is 0 Å². The van der Waals surface area contributed by atoms with Crippen LogP contribution in [0.4, 0.5) is 11.4 Å². The molecule has 0 aliphatic heterocycles. The molecule has 0 N–H and O–H groups in total. The Kier molecular flexibility index (Phi) is 8.61. The summed E-state index contributed by atoms with van der Waals surface area (Å²) in [5.74, 6) is 0. The first kappa shape index (κ1) is 33.0. The van der Waals surface area contributed by atoms with E-state index in [0.29, 0.717) is 0 Å². The van der Waals surface area contributed by atoms with E-state index in [1.165, 1.54) is 27.8 Å². The van der Waals surface area contributed by atoms with E-state index < -0.39 is 0 Å². The molecular formula is C50H43NO. The Morgan fingerprint density at radius 3 is 2.08 bits per heavy atom. The van der Waals surface area contributed by atoms with Crippen molar-refractivity contribution in [3.8, 4) is 22.3 Å². The van der Waals surface area contributed by atoms with Crippen LogP contribution in [-0.2, 0) is 5.41 Å². The van der Waals surface area contributed by atoms with Gasteiger partial charge in [-0.05, 0) is 107 Å². The van der Waals surface area contributed by atoms with Gasteiger partial charge in [0.05, 0.1) is 5.69 Å². The van der Waals surface area contributed by atoms with Gasteiger partial charge >= 0.3 is 0 Å². The minimum atomic E-state index is -0.163. The van der Waals surface area contributed by atoms with Gasteiger partial charge in [0, 0.05) is 33.3 Å². The predicted molar refractivity (Wildman–Crippen MR) is 223 cm³/mol. The Labute approximate surface area is 307 Å². The topological polar surface area (TPSA) is 16.4 Å². The monoisotopic (exact) mass is 673 g/mol. The number of anilines is 2. The summed E-state index contributed by atoms with van der Waals surface area (Å²) in [6.45, 7) is 13.7. The van der Waals surface area contributed by atoms with Crippen LogP contribution in [0.15, 0.2) is 174 Å². The fourth-order valence-electron chi connectivity index (χ4n) is 7.70. The normalized spacial score (nSPS) is 15.8. The molecule has 52 heavy (non-hydrogen) atoms. The number of hydrogen-bond donors (Lipinski definition) is 0. The molecule has 6 aromatic carbocycles. The number of benzene rings is 6. The fourth-order valence-corrected chi connectivity index (χ4v) is 7.70. The van der Waals surface area contributed by atoms with E-state index >= 15 is 0 Å². The Hall–Kier alpha value is -6.12. The Morgan fingerprint density at radius 1 is 0.712 bits per heavy atom. The van der Waals surface area contributed by atoms with Crippen molar-refractivity contribution >= 4 is 45.0 Å². The van der Waals surface area contributed by atoms with Crippen LogP contribution in [0.25, 0.3) is 55.8 Å². The number of aryl methyl sites for hydroxylation is 1. The molecule has 8 rings (SSSR count). The maximum absolute atomic E-state index is 6.68. The molecule has 2 nitrogen and oxygen atoms in total. The Bertz CT molecular complexity index is 2490. The molecule has 2 heteroatoms. The van der Waals surface area contributed by atoms with E-state index in [1.807, 2.05) is 6.07 Å². The molecule has 0 radical (unpaired) electrons. The van der Waals surface area contributed by atoms with Crippen LogP contribution in [0.5, 0.6) is 0 Å². The molecule has 0 saturated carbocycles. The van der Waals surface area contributed by atoms with E-state index in [4.69, 9.17) is 11.0 Å². The van der Waals surface area contributed by atoms with Crippen molar-refractivity contribution in [2.45, 2.75) is 39.5 Å². The Morgan fingerprint density at radius 2 is 1.38 bits per heavy atom. The van der Waals surface area contributed by atoms with Gasteiger partial charge in [0.2, 0.25) is 0 Å². The van der Waals surface area contributed by atoms with Gasteiger partial charge in [0.1, 0.15) is 11.2 Å². The highest BCUT2D eigenvalue weighted by molar-refractivity contribution is 6.09. The van der Waals surface area contributed by atoms with Crippen LogP contribution in [-0.4, -0.2) is 0 Å². The minimum Gasteiger partial charge on any atom is -0.455 e. The van der Waals surface area contributed by atoms with Crippen LogP contribution in [0.2, 0.25) is 0 Å². The molecule has 0 unspecified atom stereocenters. The largest absolute Gasteiger partial charge is 0.455 e. The highest BCUT2D eigenvalue weighted by Gasteiger charge is 2.29. The minimum absolute atomic E-state index is 0.163. The van der Waals surface area contributed by atoms with E-state index in [0.717, 1.165) is 67.7 Å². The summed E-state index contributed by atoms with van der Waals surface area (Å²) < 4.78 is 6.68. The summed E-state index contributed by atoms with van der Waals surface area (Å²) in [5, 5.41) is 2.24. The lowest BCUT2D eigenvalue weighted by Gasteiger charge is -2.30. The molecule has 1 heterocycles. The van der Waals surface area contributed by atoms with Crippen LogP contribution in [0.1, 0.15) is 49.4 Å². The second kappa shape index (κ2) is 13.5. The van der Waals surface area contributed by atoms with E-state index in [1.54, 1.807) is 0 Å². The molecule has 0 fully saturated rings. The van der Waals surface area contributed by atoms with Crippen molar-refractivity contribution in [1.82, 2.24) is 0 Å². The number of rotatable bonds is 6. The average Bonchev–Trinajstić information content (AvgIpc) is 3.56. The summed E-state index contributed by atoms with van der Waals surface area (Å²) in [7, 11) is 0. The molecule has 7 aromatic rings. The number of furan rings is 1. The van der Waals surface area contributed by atoms with Crippen molar-refractivity contribution in [3.05, 3.63) is 192 Å². The smallest absolute Gasteiger partial charge is 0.143 e. The molecule has 0 saturated heterocycles. The van der Waals surface area contributed by atoms with Gasteiger partial charge < -0.3 is 9.32 Å². The van der Waals surface area contributed by atoms with E-state index in [2.05, 4.69) is 190 Å². The molecule has 0 amide bonds. The first-order chi connectivity index (χ1) is 25.3. The van der Waals surface area contributed by atoms with Gasteiger partial charge in [0.15, 0.2) is 0 Å². The second-order valence-electron chi connectivity index (χ2n) is 14.4. The third-order valence-electron chi connectivity index (χ3n) is 10.4. The number of nitrogens with zero attached hydrogens (tertiary/aromatic N) is 1. The van der Waals surface area contributed by atoms with Gasteiger partial charge in [-0.25, -0.2) is 0 Å². The lowest BCUT2D eigenvalue weighted by molar-refractivity contribution is 0.532. The summed E-state index contributed by atoms with van der Waals surface area (Å²) in [6, 6.07) is 47.7.